The molecule has 1 aromatic heterocycles. The van der Waals surface area contributed by atoms with Gasteiger partial charge in [0.2, 0.25) is 0 Å². The molecular formula is C13H20N4O2. The van der Waals surface area contributed by atoms with Crippen LogP contribution >= 0.6 is 0 Å². The van der Waals surface area contributed by atoms with E-state index in [2.05, 4.69) is 20.6 Å². The number of ether oxygens (including phenoxy) is 1. The Bertz CT molecular complexity index is 444. The molecule has 1 fully saturated rings. The van der Waals surface area contributed by atoms with Crippen molar-refractivity contribution in [2.75, 3.05) is 25.0 Å². The number of hydrogen-bond donors (Lipinski definition) is 2. The van der Waals surface area contributed by atoms with E-state index in [0.29, 0.717) is 18.1 Å². The fourth-order valence-corrected chi connectivity index (χ4v) is 2.08. The van der Waals surface area contributed by atoms with Gasteiger partial charge in [0.1, 0.15) is 11.5 Å². The highest BCUT2D eigenvalue weighted by Gasteiger charge is 2.30. The van der Waals surface area contributed by atoms with Crippen molar-refractivity contribution in [2.45, 2.75) is 32.3 Å². The molecule has 0 spiro atoms. The lowest BCUT2D eigenvalue weighted by molar-refractivity contribution is 0.0205. The molecule has 104 valence electrons. The molecule has 2 heterocycles. The molecule has 1 saturated heterocycles. The number of hydrogen-bond acceptors (Lipinski definition) is 5. The maximum absolute atomic E-state index is 12.0. The lowest BCUT2D eigenvalue weighted by atomic mass is 10.0. The van der Waals surface area contributed by atoms with Crippen molar-refractivity contribution in [3.63, 3.8) is 0 Å². The molecule has 0 aliphatic carbocycles. The summed E-state index contributed by atoms with van der Waals surface area (Å²) in [4.78, 5) is 20.2. The van der Waals surface area contributed by atoms with Crippen LogP contribution in [0.2, 0.25) is 0 Å². The summed E-state index contributed by atoms with van der Waals surface area (Å²) in [5.41, 5.74) is 0.0718. The summed E-state index contributed by atoms with van der Waals surface area (Å²) in [6.07, 6.45) is 5.08. The van der Waals surface area contributed by atoms with Gasteiger partial charge in [-0.15, -0.1) is 0 Å². The second-order valence-corrected chi connectivity index (χ2v) is 4.90. The van der Waals surface area contributed by atoms with Gasteiger partial charge in [-0.3, -0.25) is 9.78 Å². The predicted molar refractivity (Wildman–Crippen MR) is 72.1 cm³/mol. The number of anilines is 1. The first kappa shape index (κ1) is 13.7. The third kappa shape index (κ3) is 3.64. The number of aromatic nitrogens is 2. The maximum Gasteiger partial charge on any atom is 0.271 e. The van der Waals surface area contributed by atoms with Crippen LogP contribution in [0.25, 0.3) is 0 Å². The topological polar surface area (TPSA) is 76.1 Å². The van der Waals surface area contributed by atoms with Gasteiger partial charge in [0.25, 0.3) is 5.91 Å². The van der Waals surface area contributed by atoms with Crippen molar-refractivity contribution in [1.29, 1.82) is 0 Å². The second-order valence-electron chi connectivity index (χ2n) is 4.90. The van der Waals surface area contributed by atoms with Crippen LogP contribution in [-0.4, -0.2) is 41.2 Å². The van der Waals surface area contributed by atoms with E-state index in [1.807, 2.05) is 13.8 Å². The number of nitrogens with one attached hydrogen (secondary N) is 2. The number of amides is 1. The minimum absolute atomic E-state index is 0.219. The Morgan fingerprint density at radius 1 is 1.53 bits per heavy atom. The molecule has 1 aliphatic rings. The molecule has 0 bridgehead atoms. The molecule has 2 rings (SSSR count). The largest absolute Gasteiger partial charge is 0.373 e. The molecule has 0 aromatic carbocycles. The van der Waals surface area contributed by atoms with Crippen LogP contribution in [0.15, 0.2) is 12.4 Å². The Labute approximate surface area is 113 Å². The SMILES string of the molecule is CCNc1cncc(C(=O)NCC2(C)CCCO2)n1. The first-order valence-electron chi connectivity index (χ1n) is 6.61. The van der Waals surface area contributed by atoms with E-state index >= 15 is 0 Å². The average molecular weight is 264 g/mol. The Kier molecular flexibility index (Phi) is 4.31. The van der Waals surface area contributed by atoms with E-state index in [-0.39, 0.29) is 11.5 Å². The van der Waals surface area contributed by atoms with Gasteiger partial charge in [-0.05, 0) is 26.7 Å². The van der Waals surface area contributed by atoms with Crippen molar-refractivity contribution in [1.82, 2.24) is 15.3 Å². The van der Waals surface area contributed by atoms with Crippen molar-refractivity contribution in [3.05, 3.63) is 18.1 Å². The molecule has 1 atom stereocenters. The van der Waals surface area contributed by atoms with Crippen LogP contribution in [0.1, 0.15) is 37.2 Å². The number of carbonyl (C=O) groups excluding carboxylic acids is 1. The molecule has 2 N–H and O–H groups in total. The smallest absolute Gasteiger partial charge is 0.271 e. The van der Waals surface area contributed by atoms with Crippen molar-refractivity contribution >= 4 is 11.7 Å². The van der Waals surface area contributed by atoms with Gasteiger partial charge in [-0.2, -0.15) is 0 Å². The second kappa shape index (κ2) is 5.97. The van der Waals surface area contributed by atoms with E-state index in [0.717, 1.165) is 26.0 Å². The van der Waals surface area contributed by atoms with Gasteiger partial charge < -0.3 is 15.4 Å². The van der Waals surface area contributed by atoms with Gasteiger partial charge in [-0.1, -0.05) is 0 Å². The van der Waals surface area contributed by atoms with Crippen LogP contribution in [0, 0.1) is 0 Å². The predicted octanol–water partition coefficient (Wildman–Crippen LogP) is 1.21. The molecule has 1 aromatic rings. The molecule has 1 amide bonds. The minimum atomic E-state index is -0.248. The highest BCUT2D eigenvalue weighted by molar-refractivity contribution is 5.92. The summed E-state index contributed by atoms with van der Waals surface area (Å²) in [5, 5.41) is 5.89. The minimum Gasteiger partial charge on any atom is -0.373 e. The standard InChI is InChI=1S/C13H20N4O2/c1-3-15-11-8-14-7-10(17-11)12(18)16-9-13(2)5-4-6-19-13/h7-8H,3-6,9H2,1-2H3,(H,15,17)(H,16,18). The molecule has 6 nitrogen and oxygen atoms in total. The van der Waals surface area contributed by atoms with Crippen LogP contribution in [0.5, 0.6) is 0 Å². The average Bonchev–Trinajstić information content (AvgIpc) is 2.84. The molecule has 0 radical (unpaired) electrons. The van der Waals surface area contributed by atoms with Gasteiger partial charge >= 0.3 is 0 Å². The van der Waals surface area contributed by atoms with Gasteiger partial charge in [0.15, 0.2) is 0 Å². The van der Waals surface area contributed by atoms with E-state index in [1.54, 1.807) is 6.20 Å². The highest BCUT2D eigenvalue weighted by Crippen LogP contribution is 2.23. The fraction of sp³-hybridized carbons (Fsp3) is 0.615. The van der Waals surface area contributed by atoms with Crippen LogP contribution in [0.4, 0.5) is 5.82 Å². The zero-order valence-corrected chi connectivity index (χ0v) is 11.4. The van der Waals surface area contributed by atoms with E-state index in [4.69, 9.17) is 4.74 Å². The number of nitrogens with zero attached hydrogens (tertiary/aromatic N) is 2. The van der Waals surface area contributed by atoms with Crippen molar-refractivity contribution < 1.29 is 9.53 Å². The zero-order valence-electron chi connectivity index (χ0n) is 11.4. The molecular weight excluding hydrogens is 244 g/mol. The van der Waals surface area contributed by atoms with E-state index < -0.39 is 0 Å². The lowest BCUT2D eigenvalue weighted by Crippen LogP contribution is -2.40. The summed E-state index contributed by atoms with van der Waals surface area (Å²) in [6.45, 7) is 5.99. The normalized spacial score (nSPS) is 22.2. The van der Waals surface area contributed by atoms with E-state index in [9.17, 15) is 4.79 Å². The first-order chi connectivity index (χ1) is 9.13. The Morgan fingerprint density at radius 2 is 2.37 bits per heavy atom. The Hall–Kier alpha value is -1.69. The summed E-state index contributed by atoms with van der Waals surface area (Å²) in [6, 6.07) is 0. The van der Waals surface area contributed by atoms with Gasteiger partial charge in [-0.25, -0.2) is 4.98 Å². The summed E-state index contributed by atoms with van der Waals surface area (Å²) in [7, 11) is 0. The third-order valence-corrected chi connectivity index (χ3v) is 3.15. The summed E-state index contributed by atoms with van der Waals surface area (Å²) < 4.78 is 5.63. The lowest BCUT2D eigenvalue weighted by Gasteiger charge is -2.23. The number of rotatable bonds is 5. The highest BCUT2D eigenvalue weighted by atomic mass is 16.5. The molecule has 6 heteroatoms. The maximum atomic E-state index is 12.0. The van der Waals surface area contributed by atoms with E-state index in [1.165, 1.54) is 6.20 Å². The van der Waals surface area contributed by atoms with Crippen molar-refractivity contribution in [2.24, 2.45) is 0 Å². The first-order valence-corrected chi connectivity index (χ1v) is 6.61. The van der Waals surface area contributed by atoms with Crippen LogP contribution in [-0.2, 0) is 4.74 Å². The summed E-state index contributed by atoms with van der Waals surface area (Å²) in [5.74, 6) is 0.391. The Morgan fingerprint density at radius 3 is 3.05 bits per heavy atom. The number of carbonyl (C=O) groups is 1. The van der Waals surface area contributed by atoms with Crippen LogP contribution in [0.3, 0.4) is 0 Å². The van der Waals surface area contributed by atoms with Gasteiger partial charge in [0.05, 0.1) is 18.0 Å². The molecule has 19 heavy (non-hydrogen) atoms. The van der Waals surface area contributed by atoms with Crippen LogP contribution < -0.4 is 10.6 Å². The molecule has 1 aliphatic heterocycles. The summed E-state index contributed by atoms with van der Waals surface area (Å²) >= 11 is 0. The van der Waals surface area contributed by atoms with Crippen molar-refractivity contribution in [3.8, 4) is 0 Å². The quantitative estimate of drug-likeness (QED) is 0.836. The Balaban J connectivity index is 1.93. The fourth-order valence-electron chi connectivity index (χ4n) is 2.08. The third-order valence-electron chi connectivity index (χ3n) is 3.15. The molecule has 0 saturated carbocycles. The van der Waals surface area contributed by atoms with Gasteiger partial charge in [0, 0.05) is 19.7 Å². The zero-order chi connectivity index (χ0) is 13.7. The monoisotopic (exact) mass is 264 g/mol. The molecule has 1 unspecified atom stereocenters.